The number of aliphatic hydroxyl groups excluding tert-OH is 1. The minimum Gasteiger partial charge on any atom is -0.391 e. The van der Waals surface area contributed by atoms with Gasteiger partial charge in [-0.15, -0.1) is 0 Å². The van der Waals surface area contributed by atoms with Crippen LogP contribution in [0.3, 0.4) is 0 Å². The first-order valence-corrected chi connectivity index (χ1v) is 6.38. The Morgan fingerprint density at radius 2 is 2.18 bits per heavy atom. The van der Waals surface area contributed by atoms with E-state index in [1.807, 2.05) is 13.0 Å². The zero-order valence-electron chi connectivity index (χ0n) is 9.87. The normalized spacial score (nSPS) is 13.6. The highest BCUT2D eigenvalue weighted by Crippen LogP contribution is 2.26. The van der Waals surface area contributed by atoms with Gasteiger partial charge in [-0.3, -0.25) is 0 Å². The average Bonchev–Trinajstić information content (AvgIpc) is 2.29. The van der Waals surface area contributed by atoms with Crippen molar-refractivity contribution >= 4 is 34.4 Å². The van der Waals surface area contributed by atoms with Crippen LogP contribution in [0.2, 0.25) is 0 Å². The van der Waals surface area contributed by atoms with Crippen molar-refractivity contribution in [3.05, 3.63) is 33.4 Å². The fourth-order valence-electron chi connectivity index (χ4n) is 1.37. The van der Waals surface area contributed by atoms with E-state index >= 15 is 0 Å². The lowest BCUT2D eigenvalue weighted by Crippen LogP contribution is -2.28. The van der Waals surface area contributed by atoms with Crippen LogP contribution in [0.15, 0.2) is 18.7 Å². The Labute approximate surface area is 115 Å². The molecule has 1 rings (SSSR count). The molecule has 0 unspecified atom stereocenters. The summed E-state index contributed by atoms with van der Waals surface area (Å²) in [5.41, 5.74) is 2.42. The molecule has 1 aromatic rings. The predicted molar refractivity (Wildman–Crippen MR) is 78.7 cm³/mol. The average molecular weight is 342 g/mol. The number of nitrogens with one attached hydrogen (secondary N) is 1. The standard InChI is InChI=1S/C13H15IN2O/c1-4-11-12(16-8(2)9(3)17)6-5-10(7-15)13(11)14/h4-6,8-9,16-17H,1H2,2-3H3/t8-,9-/m0/s1. The van der Waals surface area contributed by atoms with Crippen molar-refractivity contribution in [2.45, 2.75) is 26.0 Å². The van der Waals surface area contributed by atoms with Crippen LogP contribution in [0.25, 0.3) is 6.08 Å². The minimum atomic E-state index is -0.444. The maximum absolute atomic E-state index is 9.47. The maximum atomic E-state index is 9.47. The number of hydrogen-bond donors (Lipinski definition) is 2. The molecule has 0 spiro atoms. The second-order valence-electron chi connectivity index (χ2n) is 3.88. The Hall–Kier alpha value is -1.06. The van der Waals surface area contributed by atoms with E-state index in [0.29, 0.717) is 5.56 Å². The van der Waals surface area contributed by atoms with E-state index in [9.17, 15) is 5.11 Å². The van der Waals surface area contributed by atoms with Gasteiger partial charge in [0.05, 0.1) is 11.7 Å². The van der Waals surface area contributed by atoms with Crippen molar-refractivity contribution in [1.29, 1.82) is 5.26 Å². The van der Waals surface area contributed by atoms with Gasteiger partial charge in [-0.1, -0.05) is 12.7 Å². The fraction of sp³-hybridized carbons (Fsp3) is 0.308. The van der Waals surface area contributed by atoms with Gasteiger partial charge in [-0.25, -0.2) is 0 Å². The van der Waals surface area contributed by atoms with Gasteiger partial charge in [0.15, 0.2) is 0 Å². The molecule has 0 fully saturated rings. The van der Waals surface area contributed by atoms with Gasteiger partial charge in [0.25, 0.3) is 0 Å². The summed E-state index contributed by atoms with van der Waals surface area (Å²) in [6.45, 7) is 7.40. The molecule has 0 aliphatic rings. The van der Waals surface area contributed by atoms with Crippen LogP contribution >= 0.6 is 22.6 Å². The Kier molecular flexibility index (Phi) is 4.97. The van der Waals surface area contributed by atoms with Gasteiger partial charge >= 0.3 is 0 Å². The van der Waals surface area contributed by atoms with Crippen molar-refractivity contribution < 1.29 is 5.11 Å². The van der Waals surface area contributed by atoms with Gasteiger partial charge in [0.1, 0.15) is 6.07 Å². The SMILES string of the molecule is C=Cc1c(N[C@@H](C)[C@H](C)O)ccc(C#N)c1I. The van der Waals surface area contributed by atoms with E-state index in [1.165, 1.54) is 0 Å². The Morgan fingerprint density at radius 3 is 2.65 bits per heavy atom. The molecular weight excluding hydrogens is 327 g/mol. The summed E-state index contributed by atoms with van der Waals surface area (Å²) in [5.74, 6) is 0. The number of aliphatic hydroxyl groups is 1. The zero-order valence-corrected chi connectivity index (χ0v) is 12.0. The van der Waals surface area contributed by atoms with Crippen LogP contribution < -0.4 is 5.32 Å². The van der Waals surface area contributed by atoms with Crippen LogP contribution in [0.1, 0.15) is 25.0 Å². The highest BCUT2D eigenvalue weighted by atomic mass is 127. The molecule has 0 bridgehead atoms. The van der Waals surface area contributed by atoms with E-state index in [0.717, 1.165) is 14.8 Å². The summed E-state index contributed by atoms with van der Waals surface area (Å²) >= 11 is 2.13. The quantitative estimate of drug-likeness (QED) is 0.827. The smallest absolute Gasteiger partial charge is 0.100 e. The molecule has 0 aliphatic heterocycles. The lowest BCUT2D eigenvalue weighted by atomic mass is 10.1. The van der Waals surface area contributed by atoms with E-state index in [4.69, 9.17) is 5.26 Å². The molecule has 17 heavy (non-hydrogen) atoms. The van der Waals surface area contributed by atoms with Crippen molar-refractivity contribution in [2.24, 2.45) is 0 Å². The molecule has 0 saturated carbocycles. The number of halogens is 1. The topological polar surface area (TPSA) is 56.0 Å². The lowest BCUT2D eigenvalue weighted by Gasteiger charge is -2.20. The molecule has 3 nitrogen and oxygen atoms in total. The second kappa shape index (κ2) is 6.03. The molecule has 0 aromatic heterocycles. The molecule has 4 heteroatoms. The van der Waals surface area contributed by atoms with E-state index in [2.05, 4.69) is 40.6 Å². The molecule has 1 aromatic carbocycles. The first-order chi connectivity index (χ1) is 8.01. The number of anilines is 1. The van der Waals surface area contributed by atoms with Crippen LogP contribution in [0.4, 0.5) is 5.69 Å². The molecule has 2 atom stereocenters. The summed E-state index contributed by atoms with van der Waals surface area (Å²) in [6, 6.07) is 5.70. The van der Waals surface area contributed by atoms with Crippen LogP contribution in [0.5, 0.6) is 0 Å². The number of benzene rings is 1. The van der Waals surface area contributed by atoms with Gasteiger partial charge in [-0.2, -0.15) is 5.26 Å². The number of hydrogen-bond acceptors (Lipinski definition) is 3. The molecule has 2 N–H and O–H groups in total. The van der Waals surface area contributed by atoms with Gasteiger partial charge < -0.3 is 10.4 Å². The van der Waals surface area contributed by atoms with E-state index in [1.54, 1.807) is 19.1 Å². The number of rotatable bonds is 4. The lowest BCUT2D eigenvalue weighted by molar-refractivity contribution is 0.178. The molecule has 0 radical (unpaired) electrons. The fourth-order valence-corrected chi connectivity index (χ4v) is 2.18. The molecule has 0 heterocycles. The van der Waals surface area contributed by atoms with Crippen LogP contribution in [0, 0.1) is 14.9 Å². The van der Waals surface area contributed by atoms with Crippen molar-refractivity contribution in [3.8, 4) is 6.07 Å². The predicted octanol–water partition coefficient (Wildman–Crippen LogP) is 2.99. The van der Waals surface area contributed by atoms with Gasteiger partial charge in [0.2, 0.25) is 0 Å². The van der Waals surface area contributed by atoms with Crippen molar-refractivity contribution in [1.82, 2.24) is 0 Å². The van der Waals surface area contributed by atoms with Gasteiger partial charge in [-0.05, 0) is 48.6 Å². The van der Waals surface area contributed by atoms with Crippen molar-refractivity contribution in [2.75, 3.05) is 5.32 Å². The van der Waals surface area contributed by atoms with E-state index in [-0.39, 0.29) is 6.04 Å². The van der Waals surface area contributed by atoms with Gasteiger partial charge in [0, 0.05) is 20.9 Å². The first-order valence-electron chi connectivity index (χ1n) is 5.31. The third-order valence-corrected chi connectivity index (χ3v) is 3.77. The van der Waals surface area contributed by atoms with Crippen LogP contribution in [-0.4, -0.2) is 17.3 Å². The molecule has 0 saturated heterocycles. The summed E-state index contributed by atoms with van der Waals surface area (Å²) in [7, 11) is 0. The van der Waals surface area contributed by atoms with Crippen molar-refractivity contribution in [3.63, 3.8) is 0 Å². The first kappa shape index (κ1) is 14.0. The molecule has 90 valence electrons. The van der Waals surface area contributed by atoms with Crippen LogP contribution in [-0.2, 0) is 0 Å². The minimum absolute atomic E-state index is 0.0579. The Balaban J connectivity index is 3.14. The second-order valence-corrected chi connectivity index (χ2v) is 4.96. The molecule has 0 amide bonds. The Morgan fingerprint density at radius 1 is 1.53 bits per heavy atom. The highest BCUT2D eigenvalue weighted by molar-refractivity contribution is 14.1. The molecular formula is C13H15IN2O. The maximum Gasteiger partial charge on any atom is 0.100 e. The number of nitrogens with zero attached hydrogens (tertiary/aromatic N) is 1. The summed E-state index contributed by atoms with van der Waals surface area (Å²) in [6.07, 6.45) is 1.28. The third-order valence-electron chi connectivity index (χ3n) is 2.61. The third kappa shape index (κ3) is 3.20. The summed E-state index contributed by atoms with van der Waals surface area (Å²) in [5, 5.41) is 21.6. The molecule has 0 aliphatic carbocycles. The summed E-state index contributed by atoms with van der Waals surface area (Å²) < 4.78 is 0.878. The van der Waals surface area contributed by atoms with E-state index < -0.39 is 6.10 Å². The monoisotopic (exact) mass is 342 g/mol. The highest BCUT2D eigenvalue weighted by Gasteiger charge is 2.13. The number of nitriles is 1. The summed E-state index contributed by atoms with van der Waals surface area (Å²) in [4.78, 5) is 0. The zero-order chi connectivity index (χ0) is 13.0. The largest absolute Gasteiger partial charge is 0.391 e. The Bertz CT molecular complexity index is 463.